The standard InChI is InChI=1S/C8H14N2O3/c1-6(11)5-10-3-2-7(12)9-4-8(10)13/h6,11H,2-5H2,1H3,(H,9,12). The van der Waals surface area contributed by atoms with Crippen molar-refractivity contribution in [3.8, 4) is 0 Å². The third-order valence-corrected chi connectivity index (χ3v) is 1.88. The Hall–Kier alpha value is -1.10. The van der Waals surface area contributed by atoms with Gasteiger partial charge in [0.2, 0.25) is 11.8 Å². The highest BCUT2D eigenvalue weighted by Gasteiger charge is 2.20. The van der Waals surface area contributed by atoms with E-state index >= 15 is 0 Å². The van der Waals surface area contributed by atoms with E-state index in [0.29, 0.717) is 19.5 Å². The Morgan fingerprint density at radius 1 is 1.62 bits per heavy atom. The van der Waals surface area contributed by atoms with Gasteiger partial charge in [-0.15, -0.1) is 0 Å². The van der Waals surface area contributed by atoms with Crippen molar-refractivity contribution in [1.82, 2.24) is 10.2 Å². The second-order valence-corrected chi connectivity index (χ2v) is 3.22. The van der Waals surface area contributed by atoms with Gasteiger partial charge >= 0.3 is 0 Å². The van der Waals surface area contributed by atoms with Crippen molar-refractivity contribution < 1.29 is 14.7 Å². The van der Waals surface area contributed by atoms with E-state index in [4.69, 9.17) is 5.11 Å². The highest BCUT2D eigenvalue weighted by atomic mass is 16.3. The molecule has 2 amide bonds. The molecule has 0 spiro atoms. The third-order valence-electron chi connectivity index (χ3n) is 1.88. The molecule has 13 heavy (non-hydrogen) atoms. The molecule has 1 heterocycles. The minimum Gasteiger partial charge on any atom is -0.392 e. The second kappa shape index (κ2) is 4.23. The number of hydrogen-bond acceptors (Lipinski definition) is 3. The van der Waals surface area contributed by atoms with E-state index in [9.17, 15) is 9.59 Å². The highest BCUT2D eigenvalue weighted by Crippen LogP contribution is 1.99. The smallest absolute Gasteiger partial charge is 0.242 e. The predicted octanol–water partition coefficient (Wildman–Crippen LogP) is -1.28. The molecule has 0 radical (unpaired) electrons. The van der Waals surface area contributed by atoms with E-state index in [1.807, 2.05) is 0 Å². The molecule has 5 nitrogen and oxygen atoms in total. The van der Waals surface area contributed by atoms with Crippen molar-refractivity contribution in [1.29, 1.82) is 0 Å². The first-order valence-electron chi connectivity index (χ1n) is 4.32. The van der Waals surface area contributed by atoms with Crippen LogP contribution in [0.2, 0.25) is 0 Å². The van der Waals surface area contributed by atoms with E-state index in [0.717, 1.165) is 0 Å². The maximum atomic E-state index is 11.3. The normalized spacial score (nSPS) is 20.9. The molecule has 1 aliphatic rings. The van der Waals surface area contributed by atoms with Crippen LogP contribution in [-0.2, 0) is 9.59 Å². The van der Waals surface area contributed by atoms with Crippen LogP contribution in [-0.4, -0.2) is 47.6 Å². The summed E-state index contributed by atoms with van der Waals surface area (Å²) >= 11 is 0. The lowest BCUT2D eigenvalue weighted by Crippen LogP contribution is -2.39. The van der Waals surface area contributed by atoms with Gasteiger partial charge in [0.1, 0.15) is 0 Å². The van der Waals surface area contributed by atoms with Crippen LogP contribution < -0.4 is 5.32 Å². The van der Waals surface area contributed by atoms with Crippen LogP contribution in [0.4, 0.5) is 0 Å². The summed E-state index contributed by atoms with van der Waals surface area (Å²) in [6.45, 7) is 2.36. The van der Waals surface area contributed by atoms with Gasteiger partial charge in [-0.25, -0.2) is 0 Å². The molecule has 0 aromatic carbocycles. The number of nitrogens with zero attached hydrogens (tertiary/aromatic N) is 1. The van der Waals surface area contributed by atoms with E-state index in [1.54, 1.807) is 6.92 Å². The molecular formula is C8H14N2O3. The molecule has 1 saturated heterocycles. The average molecular weight is 186 g/mol. The van der Waals surface area contributed by atoms with Gasteiger partial charge in [-0.05, 0) is 6.92 Å². The molecule has 0 aliphatic carbocycles. The van der Waals surface area contributed by atoms with Crippen molar-refractivity contribution >= 4 is 11.8 Å². The lowest BCUT2D eigenvalue weighted by molar-refractivity contribution is -0.131. The number of β-amino-alcohol motifs (C(OH)–C–C–N with tert-alkyl or cyclic N) is 1. The number of amides is 2. The zero-order valence-corrected chi connectivity index (χ0v) is 7.62. The van der Waals surface area contributed by atoms with Gasteiger partial charge in [-0.2, -0.15) is 0 Å². The molecule has 1 rings (SSSR count). The lowest BCUT2D eigenvalue weighted by Gasteiger charge is -2.20. The second-order valence-electron chi connectivity index (χ2n) is 3.22. The summed E-state index contributed by atoms with van der Waals surface area (Å²) in [5, 5.41) is 11.6. The number of rotatable bonds is 2. The summed E-state index contributed by atoms with van der Waals surface area (Å²) in [4.78, 5) is 23.7. The summed E-state index contributed by atoms with van der Waals surface area (Å²) in [5.41, 5.74) is 0. The van der Waals surface area contributed by atoms with Crippen LogP contribution in [0.1, 0.15) is 13.3 Å². The number of aliphatic hydroxyl groups is 1. The molecule has 0 aromatic rings. The van der Waals surface area contributed by atoms with E-state index in [2.05, 4.69) is 5.32 Å². The number of aliphatic hydroxyl groups excluding tert-OH is 1. The van der Waals surface area contributed by atoms with Crippen LogP contribution in [0.25, 0.3) is 0 Å². The van der Waals surface area contributed by atoms with Crippen molar-refractivity contribution in [3.63, 3.8) is 0 Å². The van der Waals surface area contributed by atoms with Crippen LogP contribution in [0, 0.1) is 0 Å². The Kier molecular flexibility index (Phi) is 3.25. The molecule has 1 unspecified atom stereocenters. The fourth-order valence-electron chi connectivity index (χ4n) is 1.25. The van der Waals surface area contributed by atoms with Gasteiger partial charge in [0, 0.05) is 19.5 Å². The minimum atomic E-state index is -0.544. The van der Waals surface area contributed by atoms with Gasteiger partial charge < -0.3 is 15.3 Å². The Morgan fingerprint density at radius 2 is 2.31 bits per heavy atom. The predicted molar refractivity (Wildman–Crippen MR) is 45.9 cm³/mol. The minimum absolute atomic E-state index is 0.0472. The molecule has 1 fully saturated rings. The van der Waals surface area contributed by atoms with Gasteiger partial charge in [0.05, 0.1) is 12.6 Å². The van der Waals surface area contributed by atoms with Gasteiger partial charge in [-0.1, -0.05) is 0 Å². The van der Waals surface area contributed by atoms with Crippen LogP contribution in [0.3, 0.4) is 0 Å². The Bertz CT molecular complexity index is 215. The first-order valence-corrected chi connectivity index (χ1v) is 4.32. The first-order chi connectivity index (χ1) is 6.09. The monoisotopic (exact) mass is 186 g/mol. The number of carbonyl (C=O) groups excluding carboxylic acids is 2. The van der Waals surface area contributed by atoms with Gasteiger partial charge in [0.15, 0.2) is 0 Å². The maximum Gasteiger partial charge on any atom is 0.242 e. The van der Waals surface area contributed by atoms with Crippen LogP contribution in [0.5, 0.6) is 0 Å². The molecule has 1 aliphatic heterocycles. The molecule has 0 bridgehead atoms. The van der Waals surface area contributed by atoms with E-state index in [-0.39, 0.29) is 18.4 Å². The number of carbonyl (C=O) groups is 2. The summed E-state index contributed by atoms with van der Waals surface area (Å²) in [5.74, 6) is -0.242. The topological polar surface area (TPSA) is 69.6 Å². The fraction of sp³-hybridized carbons (Fsp3) is 0.750. The highest BCUT2D eigenvalue weighted by molar-refractivity contribution is 5.87. The van der Waals surface area contributed by atoms with Gasteiger partial charge in [-0.3, -0.25) is 9.59 Å². The molecule has 0 aromatic heterocycles. The van der Waals surface area contributed by atoms with Crippen molar-refractivity contribution in [2.24, 2.45) is 0 Å². The zero-order chi connectivity index (χ0) is 9.84. The average Bonchev–Trinajstić information content (AvgIpc) is 2.19. The van der Waals surface area contributed by atoms with Crippen molar-refractivity contribution in [3.05, 3.63) is 0 Å². The number of nitrogens with one attached hydrogen (secondary N) is 1. The molecule has 5 heteroatoms. The largest absolute Gasteiger partial charge is 0.392 e. The SMILES string of the molecule is CC(O)CN1CCC(=O)NCC1=O. The lowest BCUT2D eigenvalue weighted by atomic mass is 10.3. The fourth-order valence-corrected chi connectivity index (χ4v) is 1.25. The van der Waals surface area contributed by atoms with Crippen molar-refractivity contribution in [2.45, 2.75) is 19.4 Å². The van der Waals surface area contributed by atoms with E-state index < -0.39 is 6.10 Å². The quantitative estimate of drug-likeness (QED) is 0.564. The Balaban J connectivity index is 2.52. The Labute approximate surface area is 76.7 Å². The number of hydrogen-bond donors (Lipinski definition) is 2. The molecule has 74 valence electrons. The maximum absolute atomic E-state index is 11.3. The van der Waals surface area contributed by atoms with Crippen LogP contribution >= 0.6 is 0 Å². The molecular weight excluding hydrogens is 172 g/mol. The zero-order valence-electron chi connectivity index (χ0n) is 7.62. The summed E-state index contributed by atoms with van der Waals surface area (Å²) in [6.07, 6.45) is -0.226. The van der Waals surface area contributed by atoms with Gasteiger partial charge in [0.25, 0.3) is 0 Å². The molecule has 0 saturated carbocycles. The summed E-state index contributed by atoms with van der Waals surface area (Å²) < 4.78 is 0. The summed E-state index contributed by atoms with van der Waals surface area (Å²) in [7, 11) is 0. The molecule has 1 atom stereocenters. The van der Waals surface area contributed by atoms with Crippen molar-refractivity contribution in [2.75, 3.05) is 19.6 Å². The van der Waals surface area contributed by atoms with E-state index in [1.165, 1.54) is 4.90 Å². The summed E-state index contributed by atoms with van der Waals surface area (Å²) in [6, 6.07) is 0. The molecule has 2 N–H and O–H groups in total. The Morgan fingerprint density at radius 3 is 2.92 bits per heavy atom. The third kappa shape index (κ3) is 3.02. The first kappa shape index (κ1) is 9.98. The van der Waals surface area contributed by atoms with Crippen LogP contribution in [0.15, 0.2) is 0 Å².